The molecule has 25 heavy (non-hydrogen) atoms. The van der Waals surface area contributed by atoms with Crippen molar-refractivity contribution in [1.29, 1.82) is 0 Å². The lowest BCUT2D eigenvalue weighted by molar-refractivity contribution is -0.123. The molecule has 140 valence electrons. The lowest BCUT2D eigenvalue weighted by Crippen LogP contribution is -2.32. The number of carbonyl (C=O) groups is 1. The largest absolute Gasteiger partial charge is 0.490 e. The molecule has 1 amide bonds. The molecule has 2 rings (SSSR count). The van der Waals surface area contributed by atoms with E-state index in [0.717, 1.165) is 17.1 Å². The summed E-state index contributed by atoms with van der Waals surface area (Å²) in [7, 11) is 0. The van der Waals surface area contributed by atoms with Gasteiger partial charge in [0.15, 0.2) is 11.5 Å². The van der Waals surface area contributed by atoms with Crippen LogP contribution >= 0.6 is 0 Å². The van der Waals surface area contributed by atoms with Crippen molar-refractivity contribution in [1.82, 2.24) is 5.32 Å². The average molecular weight is 347 g/mol. The maximum atomic E-state index is 12.5. The molecule has 1 aromatic rings. The highest BCUT2D eigenvalue weighted by Gasteiger charge is 2.23. The summed E-state index contributed by atoms with van der Waals surface area (Å²) in [6, 6.07) is 5.98. The van der Waals surface area contributed by atoms with Gasteiger partial charge in [-0.05, 0) is 56.2 Å². The molecule has 1 fully saturated rings. The van der Waals surface area contributed by atoms with E-state index < -0.39 is 0 Å². The van der Waals surface area contributed by atoms with E-state index in [0.29, 0.717) is 31.5 Å². The van der Waals surface area contributed by atoms with Crippen molar-refractivity contribution in [3.63, 3.8) is 0 Å². The molecule has 1 atom stereocenters. The van der Waals surface area contributed by atoms with Crippen molar-refractivity contribution in [2.24, 2.45) is 11.8 Å². The molecular formula is C21H33NO3. The summed E-state index contributed by atoms with van der Waals surface area (Å²) in [5.41, 5.74) is 1.07. The van der Waals surface area contributed by atoms with Crippen molar-refractivity contribution < 1.29 is 14.3 Å². The van der Waals surface area contributed by atoms with Crippen LogP contribution in [0.25, 0.3) is 0 Å². The van der Waals surface area contributed by atoms with E-state index in [1.165, 1.54) is 25.7 Å². The second-order valence-electron chi connectivity index (χ2n) is 7.22. The van der Waals surface area contributed by atoms with Crippen molar-refractivity contribution in [2.75, 3.05) is 13.2 Å². The Balaban J connectivity index is 2.12. The van der Waals surface area contributed by atoms with Crippen molar-refractivity contribution >= 4 is 5.91 Å². The lowest BCUT2D eigenvalue weighted by Gasteiger charge is -2.25. The molecule has 1 aromatic carbocycles. The normalized spacial score (nSPS) is 16.0. The summed E-state index contributed by atoms with van der Waals surface area (Å²) in [5, 5.41) is 3.25. The molecule has 1 N–H and O–H groups in total. The zero-order chi connectivity index (χ0) is 18.2. The third-order valence-electron chi connectivity index (χ3n) is 4.86. The van der Waals surface area contributed by atoms with Crippen LogP contribution < -0.4 is 14.8 Å². The van der Waals surface area contributed by atoms with Gasteiger partial charge in [-0.3, -0.25) is 4.79 Å². The van der Waals surface area contributed by atoms with E-state index in [1.54, 1.807) is 0 Å². The zero-order valence-electron chi connectivity index (χ0n) is 16.1. The molecule has 0 radical (unpaired) electrons. The fourth-order valence-electron chi connectivity index (χ4n) is 3.61. The van der Waals surface area contributed by atoms with Crippen molar-refractivity contribution in [2.45, 2.75) is 65.8 Å². The Hall–Kier alpha value is -1.71. The third kappa shape index (κ3) is 5.65. The maximum absolute atomic E-state index is 12.5. The van der Waals surface area contributed by atoms with Crippen LogP contribution in [-0.4, -0.2) is 19.1 Å². The number of hydrogen-bond acceptors (Lipinski definition) is 3. The van der Waals surface area contributed by atoms with Crippen LogP contribution in [0.15, 0.2) is 18.2 Å². The van der Waals surface area contributed by atoms with Gasteiger partial charge in [0.1, 0.15) is 0 Å². The minimum atomic E-state index is -0.0104. The number of rotatable bonds is 9. The molecule has 0 spiro atoms. The average Bonchev–Trinajstić information content (AvgIpc) is 3.07. The fourth-order valence-corrected chi connectivity index (χ4v) is 3.61. The second-order valence-corrected chi connectivity index (χ2v) is 7.22. The monoisotopic (exact) mass is 347 g/mol. The molecule has 4 nitrogen and oxygen atoms in total. The van der Waals surface area contributed by atoms with Crippen molar-refractivity contribution in [3.8, 4) is 11.5 Å². The SMILES string of the molecule is CCOc1ccc(C(NC(=O)CC2CCCC2)C(C)C)cc1OCC. The van der Waals surface area contributed by atoms with Crippen LogP contribution in [0, 0.1) is 11.8 Å². The van der Waals surface area contributed by atoms with Gasteiger partial charge in [0.2, 0.25) is 5.91 Å². The highest BCUT2D eigenvalue weighted by atomic mass is 16.5. The third-order valence-corrected chi connectivity index (χ3v) is 4.86. The van der Waals surface area contributed by atoms with E-state index in [9.17, 15) is 4.79 Å². The number of ether oxygens (including phenoxy) is 2. The Morgan fingerprint density at radius 1 is 1.12 bits per heavy atom. The lowest BCUT2D eigenvalue weighted by atomic mass is 9.94. The second kappa shape index (κ2) is 9.69. The predicted molar refractivity (Wildman–Crippen MR) is 101 cm³/mol. The maximum Gasteiger partial charge on any atom is 0.220 e. The zero-order valence-corrected chi connectivity index (χ0v) is 16.1. The van der Waals surface area contributed by atoms with Gasteiger partial charge < -0.3 is 14.8 Å². The molecule has 1 saturated carbocycles. The highest BCUT2D eigenvalue weighted by Crippen LogP contribution is 2.33. The molecule has 0 aliphatic heterocycles. The van der Waals surface area contributed by atoms with Crippen molar-refractivity contribution in [3.05, 3.63) is 23.8 Å². The summed E-state index contributed by atoms with van der Waals surface area (Å²) < 4.78 is 11.4. The Bertz CT molecular complexity index is 550. The van der Waals surface area contributed by atoms with Crippen LogP contribution in [0.4, 0.5) is 0 Å². The number of hydrogen-bond donors (Lipinski definition) is 1. The summed E-state index contributed by atoms with van der Waals surface area (Å²) in [4.78, 5) is 12.5. The van der Waals surface area contributed by atoms with Crippen LogP contribution in [-0.2, 0) is 4.79 Å². The van der Waals surface area contributed by atoms with Gasteiger partial charge in [-0.25, -0.2) is 0 Å². The van der Waals surface area contributed by atoms with Crippen LogP contribution in [0.1, 0.15) is 71.4 Å². The molecule has 1 aliphatic rings. The number of nitrogens with one attached hydrogen (secondary N) is 1. The van der Waals surface area contributed by atoms with Gasteiger partial charge in [-0.15, -0.1) is 0 Å². The topological polar surface area (TPSA) is 47.6 Å². The van der Waals surface area contributed by atoms with E-state index in [2.05, 4.69) is 19.2 Å². The van der Waals surface area contributed by atoms with Crippen LogP contribution in [0.3, 0.4) is 0 Å². The summed E-state index contributed by atoms with van der Waals surface area (Å²) in [6.45, 7) is 9.39. The first kappa shape index (κ1) is 19.6. The molecule has 0 aromatic heterocycles. The Labute approximate surface area is 152 Å². The highest BCUT2D eigenvalue weighted by molar-refractivity contribution is 5.76. The fraction of sp³-hybridized carbons (Fsp3) is 0.667. The van der Waals surface area contributed by atoms with Gasteiger partial charge in [-0.1, -0.05) is 32.8 Å². The minimum Gasteiger partial charge on any atom is -0.490 e. The van der Waals surface area contributed by atoms with Gasteiger partial charge in [0.05, 0.1) is 19.3 Å². The first-order valence-electron chi connectivity index (χ1n) is 9.74. The molecule has 0 heterocycles. The van der Waals surface area contributed by atoms with Gasteiger partial charge >= 0.3 is 0 Å². The number of amides is 1. The van der Waals surface area contributed by atoms with Crippen LogP contribution in [0.2, 0.25) is 0 Å². The van der Waals surface area contributed by atoms with E-state index in [4.69, 9.17) is 9.47 Å². The smallest absolute Gasteiger partial charge is 0.220 e. The number of carbonyl (C=O) groups excluding carboxylic acids is 1. The summed E-state index contributed by atoms with van der Waals surface area (Å²) >= 11 is 0. The molecule has 0 saturated heterocycles. The molecule has 4 heteroatoms. The Morgan fingerprint density at radius 3 is 2.36 bits per heavy atom. The molecular weight excluding hydrogens is 314 g/mol. The Morgan fingerprint density at radius 2 is 1.76 bits per heavy atom. The van der Waals surface area contributed by atoms with E-state index >= 15 is 0 Å². The Kier molecular flexibility index (Phi) is 7.60. The summed E-state index contributed by atoms with van der Waals surface area (Å²) in [5.74, 6) is 2.54. The van der Waals surface area contributed by atoms with E-state index in [1.807, 2.05) is 32.0 Å². The predicted octanol–water partition coefficient (Wildman–Crippen LogP) is 4.88. The molecule has 0 bridgehead atoms. The van der Waals surface area contributed by atoms with Gasteiger partial charge in [0, 0.05) is 6.42 Å². The quantitative estimate of drug-likeness (QED) is 0.693. The van der Waals surface area contributed by atoms with Crippen LogP contribution in [0.5, 0.6) is 11.5 Å². The van der Waals surface area contributed by atoms with Gasteiger partial charge in [-0.2, -0.15) is 0 Å². The standard InChI is InChI=1S/C21H33NO3/c1-5-24-18-12-11-17(14-19(18)25-6-2)21(15(3)4)22-20(23)13-16-9-7-8-10-16/h11-12,14-16,21H,5-10,13H2,1-4H3,(H,22,23). The van der Waals surface area contributed by atoms with Gasteiger partial charge in [0.25, 0.3) is 0 Å². The van der Waals surface area contributed by atoms with E-state index in [-0.39, 0.29) is 11.9 Å². The first-order valence-corrected chi connectivity index (χ1v) is 9.74. The number of benzene rings is 1. The first-order chi connectivity index (χ1) is 12.0. The molecule has 1 unspecified atom stereocenters. The minimum absolute atomic E-state index is 0.0104. The summed E-state index contributed by atoms with van der Waals surface area (Å²) in [6.07, 6.45) is 5.57. The molecule has 1 aliphatic carbocycles.